The van der Waals surface area contributed by atoms with Crippen molar-refractivity contribution in [1.29, 1.82) is 0 Å². The van der Waals surface area contributed by atoms with Crippen molar-refractivity contribution >= 4 is 41.0 Å². The second-order valence-corrected chi connectivity index (χ2v) is 16.1. The van der Waals surface area contributed by atoms with Crippen LogP contribution in [0.1, 0.15) is 63.6 Å². The number of anilines is 4. The first-order valence-electron chi connectivity index (χ1n) is 20.1. The van der Waals surface area contributed by atoms with Crippen LogP contribution in [0.3, 0.4) is 0 Å². The van der Waals surface area contributed by atoms with Crippen molar-refractivity contribution in [2.24, 2.45) is 5.92 Å². The molecule has 8 rings (SSSR count). The van der Waals surface area contributed by atoms with Crippen LogP contribution in [0, 0.1) is 18.1 Å². The number of fused-ring (bicyclic) bond motifs is 4. The molecule has 0 aromatic heterocycles. The lowest BCUT2D eigenvalue weighted by Crippen LogP contribution is -2.62. The molecule has 0 fully saturated rings. The van der Waals surface area contributed by atoms with Crippen molar-refractivity contribution in [2.75, 3.05) is 10.2 Å². The van der Waals surface area contributed by atoms with Gasteiger partial charge in [-0.2, -0.15) is 0 Å². The maximum absolute atomic E-state index is 3.90. The predicted molar refractivity (Wildman–Crippen MR) is 238 cm³/mol. The molecule has 0 saturated heterocycles. The molecule has 5 aromatic rings. The average molecular weight is 715 g/mol. The minimum Gasteiger partial charge on any atom is -0.355 e. The lowest BCUT2D eigenvalue weighted by atomic mass is 9.52. The van der Waals surface area contributed by atoms with Gasteiger partial charge in [0.05, 0.1) is 5.54 Å². The fourth-order valence-electron chi connectivity index (χ4n) is 9.39. The zero-order chi connectivity index (χ0) is 38.0. The van der Waals surface area contributed by atoms with Gasteiger partial charge in [0.25, 0.3) is 0 Å². The highest BCUT2D eigenvalue weighted by molar-refractivity contribution is 6.73. The number of rotatable bonds is 12. The van der Waals surface area contributed by atoms with Crippen molar-refractivity contribution in [3.8, 4) is 22.3 Å². The highest BCUT2D eigenvalue weighted by atomic mass is 15.2. The van der Waals surface area contributed by atoms with E-state index in [0.717, 1.165) is 42.6 Å². The Morgan fingerprint density at radius 2 is 1.76 bits per heavy atom. The van der Waals surface area contributed by atoms with Crippen LogP contribution in [0.2, 0.25) is 0 Å². The van der Waals surface area contributed by atoms with E-state index in [9.17, 15) is 0 Å². The standard InChI is InChI=1S/C52H51BN2/c1-6-8-10-11-14-21-37-23-19-26-41(33-37)54-46-31-30-40(39-24-15-12-16-25-39)36-42(46)43-34-38(22-13-9-7-2)35-47-49(43)53-45-28-20-27-44-50(45)55(47)52(5)32-18-17-29-48(52)51(44,3)4/h6,8,10-12,14-15,17-20,23-24,26-36,48,53-54H,1,7,9,13,21-22H2,2-5H3/b10-8-,14-11-. The van der Waals surface area contributed by atoms with Crippen LogP contribution in [0.25, 0.3) is 22.3 Å². The SMILES string of the molecule is C=C/C=C\C=C/Cc1cccc(Nc2ccc(-c3c#cccc3)cc2-c2cc(CCCCC)cc3c2Bc2cccc4c2N3C2(C)C=CC=CC2C4(C)C)c1. The van der Waals surface area contributed by atoms with Gasteiger partial charge in [0.1, 0.15) is 0 Å². The second-order valence-electron chi connectivity index (χ2n) is 16.1. The molecule has 5 aromatic carbocycles. The number of hydrogen-bond donors (Lipinski definition) is 1. The Morgan fingerprint density at radius 1 is 0.873 bits per heavy atom. The minimum absolute atomic E-state index is 0.0157. The van der Waals surface area contributed by atoms with Crippen molar-refractivity contribution in [3.05, 3.63) is 181 Å². The van der Waals surface area contributed by atoms with E-state index < -0.39 is 0 Å². The molecule has 2 atom stereocenters. The molecule has 0 bridgehead atoms. The summed E-state index contributed by atoms with van der Waals surface area (Å²) in [7, 11) is 0.882. The van der Waals surface area contributed by atoms with Gasteiger partial charge in [-0.25, -0.2) is 0 Å². The number of para-hydroxylation sites is 1. The van der Waals surface area contributed by atoms with Gasteiger partial charge in [-0.05, 0) is 102 Å². The molecular weight excluding hydrogens is 663 g/mol. The number of allylic oxidation sites excluding steroid dienone is 7. The van der Waals surface area contributed by atoms with Crippen LogP contribution in [-0.4, -0.2) is 12.8 Å². The highest BCUT2D eigenvalue weighted by Gasteiger charge is 2.54. The summed E-state index contributed by atoms with van der Waals surface area (Å²) in [6, 6.07) is 40.4. The van der Waals surface area contributed by atoms with Crippen molar-refractivity contribution in [1.82, 2.24) is 0 Å². The first-order chi connectivity index (χ1) is 26.8. The van der Waals surface area contributed by atoms with E-state index in [2.05, 4.69) is 178 Å². The first kappa shape index (κ1) is 36.3. The van der Waals surface area contributed by atoms with Gasteiger partial charge in [-0.15, -0.1) is 0 Å². The third-order valence-electron chi connectivity index (χ3n) is 12.1. The molecule has 3 aliphatic rings. The van der Waals surface area contributed by atoms with Crippen LogP contribution in [-0.2, 0) is 18.3 Å². The van der Waals surface area contributed by atoms with Gasteiger partial charge in [-0.1, -0.05) is 161 Å². The molecule has 0 amide bonds. The number of nitrogens with one attached hydrogen (secondary N) is 1. The Kier molecular flexibility index (Phi) is 10.0. The second kappa shape index (κ2) is 15.2. The lowest BCUT2D eigenvalue weighted by molar-refractivity contribution is 0.261. The van der Waals surface area contributed by atoms with E-state index in [0.29, 0.717) is 5.92 Å². The quantitative estimate of drug-likeness (QED) is 0.0786. The summed E-state index contributed by atoms with van der Waals surface area (Å²) >= 11 is 0. The van der Waals surface area contributed by atoms with E-state index in [1.165, 1.54) is 69.4 Å². The molecule has 55 heavy (non-hydrogen) atoms. The number of unbranched alkanes of at least 4 members (excludes halogenated alkanes) is 2. The number of benzene rings is 4. The molecule has 2 aliphatic heterocycles. The molecule has 0 spiro atoms. The topological polar surface area (TPSA) is 15.3 Å². The van der Waals surface area contributed by atoms with Crippen LogP contribution in [0.5, 0.6) is 0 Å². The molecular formula is C52H51BN2. The summed E-state index contributed by atoms with van der Waals surface area (Å²) in [5, 5.41) is 3.90. The molecule has 1 aliphatic carbocycles. The van der Waals surface area contributed by atoms with E-state index in [-0.39, 0.29) is 11.0 Å². The number of nitrogens with zero attached hydrogens (tertiary/aromatic N) is 1. The molecule has 2 unspecified atom stereocenters. The summed E-state index contributed by atoms with van der Waals surface area (Å²) in [6.07, 6.45) is 25.0. The number of hydrogen-bond acceptors (Lipinski definition) is 2. The molecule has 3 heteroatoms. The Hall–Kier alpha value is -5.72. The van der Waals surface area contributed by atoms with Gasteiger partial charge in [0, 0.05) is 45.2 Å². The molecule has 0 radical (unpaired) electrons. The van der Waals surface area contributed by atoms with E-state index >= 15 is 0 Å². The minimum atomic E-state index is -0.218. The third kappa shape index (κ3) is 6.81. The molecule has 2 heterocycles. The maximum atomic E-state index is 3.90. The summed E-state index contributed by atoms with van der Waals surface area (Å²) in [6.45, 7) is 13.4. The number of aryl methyl sites for hydroxylation is 1. The van der Waals surface area contributed by atoms with Gasteiger partial charge in [0.2, 0.25) is 0 Å². The van der Waals surface area contributed by atoms with Gasteiger partial charge < -0.3 is 10.2 Å². The molecule has 0 saturated carbocycles. The predicted octanol–water partition coefficient (Wildman–Crippen LogP) is 11.6. The molecule has 272 valence electrons. The Labute approximate surface area is 330 Å². The Morgan fingerprint density at radius 3 is 2.60 bits per heavy atom. The van der Waals surface area contributed by atoms with Gasteiger partial charge >= 0.3 is 0 Å². The summed E-state index contributed by atoms with van der Waals surface area (Å²) in [5.41, 5.74) is 16.3. The summed E-state index contributed by atoms with van der Waals surface area (Å²) in [5.74, 6) is 0.316. The summed E-state index contributed by atoms with van der Waals surface area (Å²) in [4.78, 5) is 2.73. The molecule has 1 N–H and O–H groups in total. The Balaban J connectivity index is 1.32. The van der Waals surface area contributed by atoms with E-state index in [1.807, 2.05) is 18.2 Å². The van der Waals surface area contributed by atoms with E-state index in [1.54, 1.807) is 6.08 Å². The fraction of sp³-hybridized carbons (Fsp3) is 0.231. The third-order valence-corrected chi connectivity index (χ3v) is 12.1. The van der Waals surface area contributed by atoms with Crippen molar-refractivity contribution < 1.29 is 0 Å². The monoisotopic (exact) mass is 714 g/mol. The van der Waals surface area contributed by atoms with E-state index in [4.69, 9.17) is 0 Å². The zero-order valence-corrected chi connectivity index (χ0v) is 32.8. The maximum Gasteiger partial charge on any atom is 0.198 e. The van der Waals surface area contributed by atoms with Gasteiger partial charge in [-0.3, -0.25) is 0 Å². The average Bonchev–Trinajstić information content (AvgIpc) is 3.20. The normalized spacial score (nSPS) is 18.7. The van der Waals surface area contributed by atoms with Crippen LogP contribution >= 0.6 is 0 Å². The van der Waals surface area contributed by atoms with Crippen molar-refractivity contribution in [3.63, 3.8) is 0 Å². The van der Waals surface area contributed by atoms with Crippen LogP contribution in [0.15, 0.2) is 152 Å². The van der Waals surface area contributed by atoms with Gasteiger partial charge in [0.15, 0.2) is 7.28 Å². The zero-order valence-electron chi connectivity index (χ0n) is 32.8. The Bertz CT molecular complexity index is 2340. The highest BCUT2D eigenvalue weighted by Crippen LogP contribution is 2.56. The van der Waals surface area contributed by atoms with Crippen LogP contribution in [0.4, 0.5) is 22.7 Å². The lowest BCUT2D eigenvalue weighted by Gasteiger charge is -2.59. The largest absolute Gasteiger partial charge is 0.355 e. The fourth-order valence-corrected chi connectivity index (χ4v) is 9.39. The summed E-state index contributed by atoms with van der Waals surface area (Å²) < 4.78 is 0. The van der Waals surface area contributed by atoms with Crippen LogP contribution < -0.4 is 21.1 Å². The molecule has 2 nitrogen and oxygen atoms in total. The van der Waals surface area contributed by atoms with Crippen molar-refractivity contribution in [2.45, 2.75) is 70.8 Å². The smallest absolute Gasteiger partial charge is 0.198 e. The first-order valence-corrected chi connectivity index (χ1v) is 20.1.